The quantitative estimate of drug-likeness (QED) is 0.783. The van der Waals surface area contributed by atoms with Crippen molar-refractivity contribution < 1.29 is 19.4 Å². The van der Waals surface area contributed by atoms with Gasteiger partial charge in [-0.05, 0) is 31.0 Å². The van der Waals surface area contributed by atoms with E-state index in [0.29, 0.717) is 18.5 Å². The van der Waals surface area contributed by atoms with E-state index in [1.54, 1.807) is 12.1 Å². The van der Waals surface area contributed by atoms with E-state index in [-0.39, 0.29) is 23.2 Å². The zero-order valence-electron chi connectivity index (χ0n) is 10.7. The number of anilines is 1. The van der Waals surface area contributed by atoms with Crippen molar-refractivity contribution in [2.75, 3.05) is 12.4 Å². The smallest absolute Gasteiger partial charge is 0.221 e. The number of ether oxygens (including phenoxy) is 1. The molecule has 0 radical (unpaired) electrons. The first-order chi connectivity index (χ1) is 8.43. The molecule has 0 unspecified atom stereocenters. The summed E-state index contributed by atoms with van der Waals surface area (Å²) < 4.78 is 5.03. The molecule has 1 amide bonds. The van der Waals surface area contributed by atoms with Gasteiger partial charge in [-0.2, -0.15) is 0 Å². The van der Waals surface area contributed by atoms with Gasteiger partial charge < -0.3 is 20.0 Å². The summed E-state index contributed by atoms with van der Waals surface area (Å²) in [6.07, 6.45) is 0.950. The molecule has 0 aromatic heterocycles. The van der Waals surface area contributed by atoms with Crippen LogP contribution in [0.15, 0.2) is 12.1 Å². The summed E-state index contributed by atoms with van der Waals surface area (Å²) in [5.41, 5.74) is 1.11. The predicted molar refractivity (Wildman–Crippen MR) is 68.0 cm³/mol. The van der Waals surface area contributed by atoms with Crippen LogP contribution in [0.1, 0.15) is 25.8 Å². The van der Waals surface area contributed by atoms with Gasteiger partial charge in [-0.1, -0.05) is 0 Å². The third-order valence-corrected chi connectivity index (χ3v) is 2.43. The second-order valence-corrected chi connectivity index (χ2v) is 4.08. The largest absolute Gasteiger partial charge is 0.503 e. The predicted octanol–water partition coefficient (Wildman–Crippen LogP) is 1.88. The zero-order valence-corrected chi connectivity index (χ0v) is 10.7. The van der Waals surface area contributed by atoms with E-state index in [0.717, 1.165) is 5.56 Å². The van der Waals surface area contributed by atoms with Crippen molar-refractivity contribution in [3.8, 4) is 11.5 Å². The van der Waals surface area contributed by atoms with Crippen molar-refractivity contribution in [3.63, 3.8) is 0 Å². The van der Waals surface area contributed by atoms with E-state index >= 15 is 0 Å². The Balaban J connectivity index is 3.05. The molecule has 2 N–H and O–H groups in total. The first-order valence-electron chi connectivity index (χ1n) is 5.61. The van der Waals surface area contributed by atoms with E-state index in [2.05, 4.69) is 5.32 Å². The Morgan fingerprint density at radius 3 is 2.50 bits per heavy atom. The molecule has 5 nitrogen and oxygen atoms in total. The van der Waals surface area contributed by atoms with Crippen LogP contribution in [0.25, 0.3) is 0 Å². The number of aromatic hydroxyl groups is 1. The van der Waals surface area contributed by atoms with Gasteiger partial charge in [0, 0.05) is 13.3 Å². The van der Waals surface area contributed by atoms with Gasteiger partial charge in [-0.3, -0.25) is 4.79 Å². The molecule has 98 valence electrons. The van der Waals surface area contributed by atoms with E-state index in [9.17, 15) is 14.7 Å². The molecule has 5 heteroatoms. The molecule has 0 fully saturated rings. The minimum Gasteiger partial charge on any atom is -0.503 e. The second-order valence-electron chi connectivity index (χ2n) is 4.08. The van der Waals surface area contributed by atoms with Gasteiger partial charge >= 0.3 is 0 Å². The highest BCUT2D eigenvalue weighted by Crippen LogP contribution is 2.35. The van der Waals surface area contributed by atoms with Crippen LogP contribution in [-0.4, -0.2) is 23.9 Å². The van der Waals surface area contributed by atoms with Gasteiger partial charge in [0.2, 0.25) is 5.91 Å². The van der Waals surface area contributed by atoms with Crippen molar-refractivity contribution in [2.45, 2.75) is 26.7 Å². The number of benzene rings is 1. The lowest BCUT2D eigenvalue weighted by molar-refractivity contribution is -0.117. The number of hydrogen-bond donors (Lipinski definition) is 2. The fraction of sp³-hybridized carbons (Fsp3) is 0.385. The summed E-state index contributed by atoms with van der Waals surface area (Å²) in [4.78, 5) is 22.0. The van der Waals surface area contributed by atoms with E-state index in [1.165, 1.54) is 21.0 Å². The molecule has 0 saturated carbocycles. The number of ketones is 1. The summed E-state index contributed by atoms with van der Waals surface area (Å²) in [5, 5.41) is 12.4. The van der Waals surface area contributed by atoms with Crippen molar-refractivity contribution in [1.82, 2.24) is 0 Å². The summed E-state index contributed by atoms with van der Waals surface area (Å²) in [6, 6.07) is 3.30. The molecule has 0 atom stereocenters. The number of phenolic OH excluding ortho intramolecular Hbond substituents is 1. The van der Waals surface area contributed by atoms with Crippen molar-refractivity contribution in [2.24, 2.45) is 0 Å². The highest BCUT2D eigenvalue weighted by molar-refractivity contribution is 5.91. The number of nitrogens with one attached hydrogen (secondary N) is 1. The van der Waals surface area contributed by atoms with Crippen LogP contribution in [0.5, 0.6) is 11.5 Å². The van der Waals surface area contributed by atoms with Crippen LogP contribution < -0.4 is 10.1 Å². The van der Waals surface area contributed by atoms with Crippen LogP contribution in [0.4, 0.5) is 5.69 Å². The molecule has 0 spiro atoms. The molecule has 1 aromatic rings. The van der Waals surface area contributed by atoms with E-state index in [4.69, 9.17) is 4.74 Å². The Morgan fingerprint density at radius 2 is 2.00 bits per heavy atom. The molecule has 0 aliphatic carbocycles. The first kappa shape index (κ1) is 14.0. The molecule has 0 aliphatic heterocycles. The van der Waals surface area contributed by atoms with E-state index < -0.39 is 0 Å². The minimum absolute atomic E-state index is 0.0862. The number of methoxy groups -OCH3 is 1. The van der Waals surface area contributed by atoms with Gasteiger partial charge in [0.25, 0.3) is 0 Å². The standard InChI is InChI=1S/C13H17NO4/c1-8(15)4-5-10-6-11(14-9(2)16)13(17)12(7-10)18-3/h6-7,17H,4-5H2,1-3H3,(H,14,16). The Bertz CT molecular complexity index is 468. The lowest BCUT2D eigenvalue weighted by atomic mass is 10.1. The molecular formula is C13H17NO4. The van der Waals surface area contributed by atoms with Crippen LogP contribution in [0.3, 0.4) is 0 Å². The van der Waals surface area contributed by atoms with Gasteiger partial charge in [0.1, 0.15) is 5.78 Å². The molecule has 1 rings (SSSR count). The van der Waals surface area contributed by atoms with Crippen LogP contribution >= 0.6 is 0 Å². The lowest BCUT2D eigenvalue weighted by Crippen LogP contribution is -2.07. The molecule has 0 bridgehead atoms. The summed E-state index contributed by atoms with van der Waals surface area (Å²) in [7, 11) is 1.43. The molecule has 0 saturated heterocycles. The minimum atomic E-state index is -0.281. The molecule has 1 aromatic carbocycles. The van der Waals surface area contributed by atoms with Crippen LogP contribution in [-0.2, 0) is 16.0 Å². The number of hydrogen-bond acceptors (Lipinski definition) is 4. The Labute approximate surface area is 106 Å². The van der Waals surface area contributed by atoms with Gasteiger partial charge in [-0.15, -0.1) is 0 Å². The van der Waals surface area contributed by atoms with Crippen molar-refractivity contribution in [1.29, 1.82) is 0 Å². The second kappa shape index (κ2) is 6.05. The average Bonchev–Trinajstić information content (AvgIpc) is 2.29. The number of carbonyl (C=O) groups is 2. The number of amides is 1. The number of carbonyl (C=O) groups excluding carboxylic acids is 2. The number of aryl methyl sites for hydroxylation is 1. The normalized spacial score (nSPS) is 9.94. The Kier molecular flexibility index (Phi) is 4.71. The number of rotatable bonds is 5. The van der Waals surface area contributed by atoms with Crippen molar-refractivity contribution >= 4 is 17.4 Å². The van der Waals surface area contributed by atoms with E-state index in [1.807, 2.05) is 0 Å². The molecular weight excluding hydrogens is 234 g/mol. The first-order valence-corrected chi connectivity index (χ1v) is 5.61. The van der Waals surface area contributed by atoms with Gasteiger partial charge in [0.15, 0.2) is 11.5 Å². The van der Waals surface area contributed by atoms with Gasteiger partial charge in [-0.25, -0.2) is 0 Å². The topological polar surface area (TPSA) is 75.6 Å². The molecule has 0 heterocycles. The molecule has 18 heavy (non-hydrogen) atoms. The maximum absolute atomic E-state index is 11.0. The van der Waals surface area contributed by atoms with Crippen LogP contribution in [0, 0.1) is 0 Å². The number of Topliss-reactive ketones (excluding diaryl/α,β-unsaturated/α-hetero) is 1. The SMILES string of the molecule is COc1cc(CCC(C)=O)cc(NC(C)=O)c1O. The highest BCUT2D eigenvalue weighted by Gasteiger charge is 2.12. The third-order valence-electron chi connectivity index (χ3n) is 2.43. The molecule has 0 aliphatic rings. The fourth-order valence-electron chi connectivity index (χ4n) is 1.57. The zero-order chi connectivity index (χ0) is 13.7. The Morgan fingerprint density at radius 1 is 1.33 bits per heavy atom. The third kappa shape index (κ3) is 3.76. The van der Waals surface area contributed by atoms with Crippen molar-refractivity contribution in [3.05, 3.63) is 17.7 Å². The lowest BCUT2D eigenvalue weighted by Gasteiger charge is -2.12. The maximum Gasteiger partial charge on any atom is 0.221 e. The monoisotopic (exact) mass is 251 g/mol. The van der Waals surface area contributed by atoms with Crippen LogP contribution in [0.2, 0.25) is 0 Å². The summed E-state index contributed by atoms with van der Waals surface area (Å²) in [5.74, 6) is -0.0294. The maximum atomic E-state index is 11.0. The Hall–Kier alpha value is -2.04. The summed E-state index contributed by atoms with van der Waals surface area (Å²) in [6.45, 7) is 2.88. The highest BCUT2D eigenvalue weighted by atomic mass is 16.5. The summed E-state index contributed by atoms with van der Waals surface area (Å²) >= 11 is 0. The average molecular weight is 251 g/mol. The van der Waals surface area contributed by atoms with Gasteiger partial charge in [0.05, 0.1) is 12.8 Å². The number of phenols is 1. The fourth-order valence-corrected chi connectivity index (χ4v) is 1.57.